The third-order valence-electron chi connectivity index (χ3n) is 4.04. The molecule has 1 saturated carbocycles. The van der Waals surface area contributed by atoms with Crippen LogP contribution < -0.4 is 0 Å². The number of imidazole rings is 1. The number of hydrogen-bond donors (Lipinski definition) is 1. The van der Waals surface area contributed by atoms with Gasteiger partial charge >= 0.3 is 0 Å². The van der Waals surface area contributed by atoms with Crippen molar-refractivity contribution in [2.75, 3.05) is 12.8 Å². The second-order valence-corrected chi connectivity index (χ2v) is 6.33. The molecule has 0 unspecified atom stereocenters. The van der Waals surface area contributed by atoms with Crippen molar-refractivity contribution in [2.45, 2.75) is 43.2 Å². The summed E-state index contributed by atoms with van der Waals surface area (Å²) in [5.74, 6) is 0.566. The van der Waals surface area contributed by atoms with Crippen LogP contribution in [0.1, 0.15) is 32.1 Å². The molecular formula is C14H19N5OS. The number of rotatable bonds is 4. The fourth-order valence-electron chi connectivity index (χ4n) is 2.76. The molecule has 0 aliphatic heterocycles. The Morgan fingerprint density at radius 3 is 2.95 bits per heavy atom. The number of H-pyrrole nitrogens is 1. The van der Waals surface area contributed by atoms with Crippen LogP contribution in [0.25, 0.3) is 11.2 Å². The van der Waals surface area contributed by atoms with Gasteiger partial charge in [-0.05, 0) is 12.8 Å². The molecule has 0 atom stereocenters. The molecule has 6 nitrogen and oxygen atoms in total. The topological polar surface area (TPSA) is 74.8 Å². The van der Waals surface area contributed by atoms with E-state index in [-0.39, 0.29) is 5.91 Å². The number of hydrogen-bond acceptors (Lipinski definition) is 5. The van der Waals surface area contributed by atoms with Crippen LogP contribution in [0.2, 0.25) is 0 Å². The van der Waals surface area contributed by atoms with Crippen molar-refractivity contribution < 1.29 is 4.79 Å². The zero-order valence-electron chi connectivity index (χ0n) is 12.1. The standard InChI is InChI=1S/C14H19N5OS/c1-19(10-5-3-2-4-6-10)11(20)7-21-14-12-13(16-8-15-12)17-9-18-14/h8-10H,2-7H2,1H3,(H,15,16,17,18). The quantitative estimate of drug-likeness (QED) is 0.692. The molecule has 2 aromatic rings. The van der Waals surface area contributed by atoms with Crippen LogP contribution in [0, 0.1) is 0 Å². The van der Waals surface area contributed by atoms with Crippen LogP contribution in [0.5, 0.6) is 0 Å². The zero-order chi connectivity index (χ0) is 14.7. The lowest BCUT2D eigenvalue weighted by atomic mass is 9.94. The number of carbonyl (C=O) groups excluding carboxylic acids is 1. The minimum absolute atomic E-state index is 0.165. The van der Waals surface area contributed by atoms with Crippen molar-refractivity contribution in [3.63, 3.8) is 0 Å². The maximum Gasteiger partial charge on any atom is 0.232 e. The molecule has 1 aliphatic rings. The summed E-state index contributed by atoms with van der Waals surface area (Å²) >= 11 is 1.44. The summed E-state index contributed by atoms with van der Waals surface area (Å²) in [6.07, 6.45) is 9.11. The van der Waals surface area contributed by atoms with Crippen LogP contribution in [-0.2, 0) is 4.79 Å². The van der Waals surface area contributed by atoms with Gasteiger partial charge in [0, 0.05) is 13.1 Å². The fourth-order valence-corrected chi connectivity index (χ4v) is 3.64. The summed E-state index contributed by atoms with van der Waals surface area (Å²) < 4.78 is 0. The van der Waals surface area contributed by atoms with E-state index in [1.165, 1.54) is 37.4 Å². The number of nitrogens with one attached hydrogen (secondary N) is 1. The molecule has 3 rings (SSSR count). The van der Waals surface area contributed by atoms with Crippen molar-refractivity contribution in [3.05, 3.63) is 12.7 Å². The molecule has 1 fully saturated rings. The van der Waals surface area contributed by atoms with E-state index in [4.69, 9.17) is 0 Å². The highest BCUT2D eigenvalue weighted by atomic mass is 32.2. The maximum atomic E-state index is 12.3. The highest BCUT2D eigenvalue weighted by Crippen LogP contribution is 2.25. The first-order chi connectivity index (χ1) is 10.3. The minimum Gasteiger partial charge on any atom is -0.342 e. The highest BCUT2D eigenvalue weighted by molar-refractivity contribution is 8.00. The smallest absolute Gasteiger partial charge is 0.232 e. The van der Waals surface area contributed by atoms with Crippen molar-refractivity contribution in [2.24, 2.45) is 0 Å². The molecule has 7 heteroatoms. The van der Waals surface area contributed by atoms with Gasteiger partial charge in [0.2, 0.25) is 5.91 Å². The molecule has 2 aromatic heterocycles. The van der Waals surface area contributed by atoms with Crippen molar-refractivity contribution in [1.82, 2.24) is 24.8 Å². The van der Waals surface area contributed by atoms with Gasteiger partial charge in [0.05, 0.1) is 12.1 Å². The largest absolute Gasteiger partial charge is 0.342 e. The van der Waals surface area contributed by atoms with E-state index in [1.807, 2.05) is 11.9 Å². The summed E-state index contributed by atoms with van der Waals surface area (Å²) in [6, 6.07) is 0.407. The van der Waals surface area contributed by atoms with E-state index in [9.17, 15) is 4.79 Å². The molecule has 21 heavy (non-hydrogen) atoms. The van der Waals surface area contributed by atoms with E-state index in [0.717, 1.165) is 23.4 Å². The van der Waals surface area contributed by atoms with Gasteiger partial charge in [-0.25, -0.2) is 15.0 Å². The van der Waals surface area contributed by atoms with Gasteiger partial charge in [0.1, 0.15) is 16.9 Å². The summed E-state index contributed by atoms with van der Waals surface area (Å²) in [6.45, 7) is 0. The summed E-state index contributed by atoms with van der Waals surface area (Å²) in [5.41, 5.74) is 1.44. The van der Waals surface area contributed by atoms with Crippen LogP contribution in [0.3, 0.4) is 0 Å². The van der Waals surface area contributed by atoms with E-state index < -0.39 is 0 Å². The number of carbonyl (C=O) groups is 1. The Kier molecular flexibility index (Phi) is 4.38. The van der Waals surface area contributed by atoms with Gasteiger partial charge in [-0.2, -0.15) is 0 Å². The first kappa shape index (κ1) is 14.3. The molecule has 1 aliphatic carbocycles. The molecule has 0 saturated heterocycles. The van der Waals surface area contributed by atoms with Crippen LogP contribution in [0.4, 0.5) is 0 Å². The number of fused-ring (bicyclic) bond motifs is 1. The predicted molar refractivity (Wildman–Crippen MR) is 82.1 cm³/mol. The lowest BCUT2D eigenvalue weighted by Crippen LogP contribution is -2.39. The monoisotopic (exact) mass is 305 g/mol. The van der Waals surface area contributed by atoms with Gasteiger partial charge in [0.15, 0.2) is 5.65 Å². The van der Waals surface area contributed by atoms with Gasteiger partial charge in [-0.3, -0.25) is 4.79 Å². The lowest BCUT2D eigenvalue weighted by molar-refractivity contribution is -0.129. The maximum absolute atomic E-state index is 12.3. The second kappa shape index (κ2) is 6.43. The highest BCUT2D eigenvalue weighted by Gasteiger charge is 2.22. The number of aromatic amines is 1. The normalized spacial score (nSPS) is 16.2. The van der Waals surface area contributed by atoms with E-state index >= 15 is 0 Å². The molecular weight excluding hydrogens is 286 g/mol. The molecule has 0 bridgehead atoms. The average Bonchev–Trinajstić information content (AvgIpc) is 3.02. The Bertz CT molecular complexity index is 623. The number of amides is 1. The molecule has 0 aromatic carbocycles. The first-order valence-electron chi connectivity index (χ1n) is 7.28. The fraction of sp³-hybridized carbons (Fsp3) is 0.571. The summed E-state index contributed by atoms with van der Waals surface area (Å²) in [7, 11) is 1.92. The first-order valence-corrected chi connectivity index (χ1v) is 8.27. The van der Waals surface area contributed by atoms with Gasteiger partial charge < -0.3 is 9.88 Å². The number of thioether (sulfide) groups is 1. The van der Waals surface area contributed by atoms with E-state index in [1.54, 1.807) is 6.33 Å². The average molecular weight is 305 g/mol. The van der Waals surface area contributed by atoms with Crippen molar-refractivity contribution in [1.29, 1.82) is 0 Å². The van der Waals surface area contributed by atoms with Gasteiger partial charge in [0.25, 0.3) is 0 Å². The third kappa shape index (κ3) is 3.18. The molecule has 1 amide bonds. The molecule has 112 valence electrons. The number of aromatic nitrogens is 4. The molecule has 2 heterocycles. The molecule has 0 radical (unpaired) electrons. The van der Waals surface area contributed by atoms with E-state index in [2.05, 4.69) is 19.9 Å². The predicted octanol–water partition coefficient (Wildman–Crippen LogP) is 2.24. The van der Waals surface area contributed by atoms with Crippen LogP contribution >= 0.6 is 11.8 Å². The van der Waals surface area contributed by atoms with Crippen molar-refractivity contribution in [3.8, 4) is 0 Å². The van der Waals surface area contributed by atoms with Crippen LogP contribution in [0.15, 0.2) is 17.7 Å². The van der Waals surface area contributed by atoms with Crippen LogP contribution in [-0.4, -0.2) is 49.6 Å². The second-order valence-electron chi connectivity index (χ2n) is 5.37. The minimum atomic E-state index is 0.165. The Balaban J connectivity index is 1.61. The molecule has 0 spiro atoms. The van der Waals surface area contributed by atoms with E-state index in [0.29, 0.717) is 17.4 Å². The molecule has 1 N–H and O–H groups in total. The van der Waals surface area contributed by atoms with Crippen molar-refractivity contribution >= 4 is 28.8 Å². The summed E-state index contributed by atoms with van der Waals surface area (Å²) in [5, 5.41) is 0.780. The Labute approximate surface area is 127 Å². The zero-order valence-corrected chi connectivity index (χ0v) is 12.9. The summed E-state index contributed by atoms with van der Waals surface area (Å²) in [4.78, 5) is 29.7. The Morgan fingerprint density at radius 1 is 1.33 bits per heavy atom. The van der Waals surface area contributed by atoms with Gasteiger partial charge in [-0.1, -0.05) is 31.0 Å². The lowest BCUT2D eigenvalue weighted by Gasteiger charge is -2.31. The number of nitrogens with zero attached hydrogens (tertiary/aromatic N) is 4. The van der Waals surface area contributed by atoms with Gasteiger partial charge in [-0.15, -0.1) is 0 Å². The Morgan fingerprint density at radius 2 is 2.14 bits per heavy atom. The third-order valence-corrected chi connectivity index (χ3v) is 5.01. The Hall–Kier alpha value is -1.63. The SMILES string of the molecule is CN(C(=O)CSc1ncnc2nc[nH]c12)C1CCCCC1.